The quantitative estimate of drug-likeness (QED) is 0.257. The van der Waals surface area contributed by atoms with E-state index in [-0.39, 0.29) is 29.7 Å². The zero-order valence-electron chi connectivity index (χ0n) is 19.5. The van der Waals surface area contributed by atoms with Crippen molar-refractivity contribution in [2.24, 2.45) is 17.6 Å². The number of anilines is 1. The molecule has 2 unspecified atom stereocenters. The van der Waals surface area contributed by atoms with Gasteiger partial charge in [-0.1, -0.05) is 0 Å². The first-order chi connectivity index (χ1) is 16.4. The highest BCUT2D eigenvalue weighted by Crippen LogP contribution is 2.53. The van der Waals surface area contributed by atoms with Crippen LogP contribution < -0.4 is 11.1 Å². The zero-order valence-corrected chi connectivity index (χ0v) is 19.5. The number of likely N-dealkylation sites (N-methyl/N-ethyl adjacent to an activating group) is 1. The van der Waals surface area contributed by atoms with E-state index in [2.05, 4.69) is 5.32 Å². The van der Waals surface area contributed by atoms with Crippen LogP contribution in [0.3, 0.4) is 0 Å². The highest BCUT2D eigenvalue weighted by atomic mass is 19.1. The van der Waals surface area contributed by atoms with Crippen LogP contribution in [0.2, 0.25) is 0 Å². The Hall–Kier alpha value is -3.44. The Balaban J connectivity index is 1.94. The molecule has 3 aliphatic rings. The Kier molecular flexibility index (Phi) is 5.89. The average molecular weight is 490 g/mol. The number of alkyl halides is 1. The SMILES string of the molecule is CC(CF)Nc1ccc(O)c2c1C[C@H]1C[C@H]3C(N(C)C)C(=O)C(C(N)=O)=C(O)[C@@]3(O)C(=O)C1=C2O. The van der Waals surface area contributed by atoms with E-state index in [1.165, 1.54) is 25.1 Å². The molecule has 1 aromatic carbocycles. The topological polar surface area (TPSA) is 173 Å². The van der Waals surface area contributed by atoms with Crippen molar-refractivity contribution in [1.29, 1.82) is 0 Å². The standard InChI is InChI=1S/C24H28FN3O7/c1-9(8-25)27-13-4-5-14(29)16-11(13)6-10-7-12-18(28(2)3)20(31)17(23(26)34)22(33)24(12,35)21(32)15(10)19(16)30/h4-5,9-10,12,18,27,29-30,33,35H,6-8H2,1-3H3,(H2,26,34)/t9?,10-,12-,18?,24-/m0/s1. The number of hydrogen-bond acceptors (Lipinski definition) is 9. The van der Waals surface area contributed by atoms with E-state index in [4.69, 9.17) is 5.73 Å². The monoisotopic (exact) mass is 489 g/mol. The lowest BCUT2D eigenvalue weighted by atomic mass is 9.57. The van der Waals surface area contributed by atoms with Gasteiger partial charge in [0.05, 0.1) is 17.6 Å². The van der Waals surface area contributed by atoms with Crippen molar-refractivity contribution in [2.75, 3.05) is 26.1 Å². The van der Waals surface area contributed by atoms with Gasteiger partial charge in [0, 0.05) is 17.2 Å². The first-order valence-corrected chi connectivity index (χ1v) is 11.2. The number of nitrogens with two attached hydrogens (primary N) is 1. The number of carbonyl (C=O) groups excluding carboxylic acids is 3. The predicted octanol–water partition coefficient (Wildman–Crippen LogP) is 0.734. The summed E-state index contributed by atoms with van der Waals surface area (Å²) in [6.07, 6.45) is 0.115. The Morgan fingerprint density at radius 3 is 2.51 bits per heavy atom. The number of amides is 1. The fourth-order valence-corrected chi connectivity index (χ4v) is 5.68. The van der Waals surface area contributed by atoms with Gasteiger partial charge in [0.25, 0.3) is 5.91 Å². The van der Waals surface area contributed by atoms with Crippen LogP contribution in [0.4, 0.5) is 10.1 Å². The van der Waals surface area contributed by atoms with Crippen LogP contribution in [0.1, 0.15) is 24.5 Å². The minimum atomic E-state index is -2.68. The van der Waals surface area contributed by atoms with Crippen molar-refractivity contribution < 1.29 is 39.2 Å². The van der Waals surface area contributed by atoms with E-state index >= 15 is 0 Å². The van der Waals surface area contributed by atoms with E-state index in [9.17, 15) is 39.2 Å². The Morgan fingerprint density at radius 1 is 1.29 bits per heavy atom. The molecule has 1 aromatic rings. The number of aliphatic hydroxyl groups is 3. The lowest BCUT2D eigenvalue weighted by Crippen LogP contribution is -2.65. The molecule has 5 atom stereocenters. The van der Waals surface area contributed by atoms with Crippen LogP contribution >= 0.6 is 0 Å². The van der Waals surface area contributed by atoms with Crippen molar-refractivity contribution in [1.82, 2.24) is 4.90 Å². The van der Waals surface area contributed by atoms with Crippen molar-refractivity contribution >= 4 is 28.9 Å². The summed E-state index contributed by atoms with van der Waals surface area (Å²) in [7, 11) is 3.07. The van der Waals surface area contributed by atoms with E-state index in [0.29, 0.717) is 11.3 Å². The van der Waals surface area contributed by atoms with Crippen molar-refractivity contribution in [2.45, 2.75) is 37.5 Å². The molecule has 0 heterocycles. The van der Waals surface area contributed by atoms with Crippen LogP contribution in [0.25, 0.3) is 5.76 Å². The number of Topliss-reactive ketones (excluding diaryl/α,β-unsaturated/α-hetero) is 2. The van der Waals surface area contributed by atoms with Crippen LogP contribution in [-0.4, -0.2) is 81.3 Å². The molecule has 11 heteroatoms. The molecule has 0 bridgehead atoms. The van der Waals surface area contributed by atoms with Crippen molar-refractivity contribution in [3.05, 3.63) is 40.2 Å². The molecular weight excluding hydrogens is 461 g/mol. The number of nitrogens with one attached hydrogen (secondary N) is 1. The van der Waals surface area contributed by atoms with Gasteiger partial charge < -0.3 is 31.5 Å². The van der Waals surface area contributed by atoms with Crippen LogP contribution in [-0.2, 0) is 20.8 Å². The van der Waals surface area contributed by atoms with E-state index in [1.54, 1.807) is 13.0 Å². The van der Waals surface area contributed by atoms with Gasteiger partial charge >= 0.3 is 0 Å². The van der Waals surface area contributed by atoms with Crippen LogP contribution in [0.5, 0.6) is 5.75 Å². The molecule has 0 aromatic heterocycles. The Labute approximate surface area is 200 Å². The largest absolute Gasteiger partial charge is 0.508 e. The van der Waals surface area contributed by atoms with Crippen LogP contribution in [0.15, 0.2) is 29.0 Å². The summed E-state index contributed by atoms with van der Waals surface area (Å²) in [6, 6.07) is 1.12. The van der Waals surface area contributed by atoms with E-state index in [0.717, 1.165) is 0 Å². The second-order valence-corrected chi connectivity index (χ2v) is 9.65. The highest BCUT2D eigenvalue weighted by molar-refractivity contribution is 6.24. The maximum atomic E-state index is 13.7. The number of aliphatic hydroxyl groups excluding tert-OH is 2. The third-order valence-corrected chi connectivity index (χ3v) is 7.24. The number of phenolic OH excluding ortho intramolecular Hbond substituents is 1. The number of benzene rings is 1. The third-order valence-electron chi connectivity index (χ3n) is 7.24. The molecule has 35 heavy (non-hydrogen) atoms. The van der Waals surface area contributed by atoms with Gasteiger partial charge in [0.15, 0.2) is 11.4 Å². The van der Waals surface area contributed by atoms with Gasteiger partial charge in [-0.15, -0.1) is 0 Å². The number of nitrogens with zero attached hydrogens (tertiary/aromatic N) is 1. The van der Waals surface area contributed by atoms with Crippen molar-refractivity contribution in [3.63, 3.8) is 0 Å². The maximum absolute atomic E-state index is 13.7. The Morgan fingerprint density at radius 2 is 1.94 bits per heavy atom. The number of halogens is 1. The number of phenols is 1. The molecule has 10 nitrogen and oxygen atoms in total. The average Bonchev–Trinajstić information content (AvgIpc) is 2.77. The molecule has 1 saturated carbocycles. The van der Waals surface area contributed by atoms with Crippen molar-refractivity contribution in [3.8, 4) is 5.75 Å². The third kappa shape index (κ3) is 3.41. The smallest absolute Gasteiger partial charge is 0.255 e. The molecule has 4 rings (SSSR count). The molecule has 0 radical (unpaired) electrons. The first-order valence-electron chi connectivity index (χ1n) is 11.2. The van der Waals surface area contributed by atoms with Gasteiger partial charge in [-0.05, 0) is 57.5 Å². The molecule has 0 aliphatic heterocycles. The van der Waals surface area contributed by atoms with Gasteiger partial charge in [-0.3, -0.25) is 19.3 Å². The normalized spacial score (nSPS) is 29.0. The summed E-state index contributed by atoms with van der Waals surface area (Å²) in [4.78, 5) is 40.2. The van der Waals surface area contributed by atoms with Crippen LogP contribution in [0, 0.1) is 11.8 Å². The van der Waals surface area contributed by atoms with Gasteiger partial charge in [-0.2, -0.15) is 0 Å². The number of aromatic hydroxyl groups is 1. The molecule has 188 valence electrons. The highest BCUT2D eigenvalue weighted by Gasteiger charge is 2.64. The number of hydrogen-bond donors (Lipinski definition) is 6. The molecular formula is C24H28FN3O7. The van der Waals surface area contributed by atoms with Gasteiger partial charge in [0.2, 0.25) is 5.78 Å². The fourth-order valence-electron chi connectivity index (χ4n) is 5.68. The molecule has 1 fully saturated rings. The summed E-state index contributed by atoms with van der Waals surface area (Å²) in [5.41, 5.74) is 2.40. The van der Waals surface area contributed by atoms with Gasteiger partial charge in [0.1, 0.15) is 29.5 Å². The maximum Gasteiger partial charge on any atom is 0.255 e. The molecule has 3 aliphatic carbocycles. The van der Waals surface area contributed by atoms with Gasteiger partial charge in [-0.25, -0.2) is 4.39 Å². The van der Waals surface area contributed by atoms with E-state index < -0.39 is 70.8 Å². The summed E-state index contributed by atoms with van der Waals surface area (Å²) in [5, 5.41) is 47.0. The second kappa shape index (κ2) is 8.35. The number of ketones is 2. The lowest BCUT2D eigenvalue weighted by molar-refractivity contribution is -0.153. The number of primary amides is 1. The second-order valence-electron chi connectivity index (χ2n) is 9.65. The van der Waals surface area contributed by atoms with E-state index in [1.807, 2.05) is 0 Å². The minimum Gasteiger partial charge on any atom is -0.508 e. The summed E-state index contributed by atoms with van der Waals surface area (Å²) >= 11 is 0. The fraction of sp³-hybridized carbons (Fsp3) is 0.458. The molecule has 0 spiro atoms. The lowest BCUT2D eigenvalue weighted by Gasteiger charge is -2.50. The number of fused-ring (bicyclic) bond motifs is 3. The Bertz CT molecular complexity index is 1210. The summed E-state index contributed by atoms with van der Waals surface area (Å²) in [6.45, 7) is 0.953. The number of rotatable bonds is 5. The number of carbonyl (C=O) groups is 3. The first kappa shape index (κ1) is 24.7. The summed E-state index contributed by atoms with van der Waals surface area (Å²) in [5.74, 6) is -7.07. The minimum absolute atomic E-state index is 0.0144. The molecule has 7 N–H and O–H groups in total. The zero-order chi connectivity index (χ0) is 26.0. The molecule has 0 saturated heterocycles. The summed E-state index contributed by atoms with van der Waals surface area (Å²) < 4.78 is 13.1. The predicted molar refractivity (Wildman–Crippen MR) is 123 cm³/mol. The molecule has 1 amide bonds.